The smallest absolute Gasteiger partial charge is 0.245 e. The molecule has 1 aromatic rings. The van der Waals surface area contributed by atoms with Crippen LogP contribution in [0.25, 0.3) is 0 Å². The lowest BCUT2D eigenvalue weighted by molar-refractivity contribution is -0.116. The molecular formula is C18H24N2O2. The second-order valence-electron chi connectivity index (χ2n) is 6.04. The number of aryl methyl sites for hydroxylation is 1. The minimum Gasteiger partial charge on any atom is -0.490 e. The van der Waals surface area contributed by atoms with Gasteiger partial charge < -0.3 is 15.4 Å². The Morgan fingerprint density at radius 3 is 2.86 bits per heavy atom. The number of nitrogens with one attached hydrogen (secondary N) is 2. The number of carbonyl (C=O) groups is 1. The van der Waals surface area contributed by atoms with E-state index in [0.29, 0.717) is 12.6 Å². The fourth-order valence-electron chi connectivity index (χ4n) is 3.11. The van der Waals surface area contributed by atoms with Crippen LogP contribution in [0, 0.1) is 0 Å². The van der Waals surface area contributed by atoms with Gasteiger partial charge in [0.1, 0.15) is 5.75 Å². The lowest BCUT2D eigenvalue weighted by Gasteiger charge is -2.19. The summed E-state index contributed by atoms with van der Waals surface area (Å²) >= 11 is 0. The molecule has 22 heavy (non-hydrogen) atoms. The average Bonchev–Trinajstić information content (AvgIpc) is 3.01. The van der Waals surface area contributed by atoms with Gasteiger partial charge in [0, 0.05) is 36.5 Å². The van der Waals surface area contributed by atoms with Gasteiger partial charge in [-0.1, -0.05) is 13.0 Å². The molecule has 0 atom stereocenters. The van der Waals surface area contributed by atoms with Crippen LogP contribution in [0.2, 0.25) is 0 Å². The van der Waals surface area contributed by atoms with Gasteiger partial charge in [-0.15, -0.1) is 0 Å². The second kappa shape index (κ2) is 6.86. The topological polar surface area (TPSA) is 50.4 Å². The van der Waals surface area contributed by atoms with Crippen molar-refractivity contribution >= 4 is 11.6 Å². The highest BCUT2D eigenvalue weighted by Gasteiger charge is 2.18. The lowest BCUT2D eigenvalue weighted by Crippen LogP contribution is -2.28. The Balaban J connectivity index is 1.75. The van der Waals surface area contributed by atoms with E-state index >= 15 is 0 Å². The molecule has 1 aliphatic heterocycles. The number of carbonyl (C=O) groups excluding carboxylic acids is 1. The fourth-order valence-corrected chi connectivity index (χ4v) is 3.11. The molecule has 1 saturated carbocycles. The Bertz CT molecular complexity index is 574. The van der Waals surface area contributed by atoms with E-state index < -0.39 is 0 Å². The summed E-state index contributed by atoms with van der Waals surface area (Å²) in [6.07, 6.45) is 8.65. The first-order valence-corrected chi connectivity index (χ1v) is 8.29. The van der Waals surface area contributed by atoms with Crippen molar-refractivity contribution in [1.29, 1.82) is 0 Å². The third kappa shape index (κ3) is 3.62. The first kappa shape index (κ1) is 14.9. The largest absolute Gasteiger partial charge is 0.490 e. The average molecular weight is 300 g/mol. The summed E-state index contributed by atoms with van der Waals surface area (Å²) in [4.78, 5) is 11.4. The van der Waals surface area contributed by atoms with E-state index in [0.717, 1.165) is 42.8 Å². The number of ether oxygens (including phenoxy) is 1. The molecule has 0 aromatic heterocycles. The molecule has 1 aromatic carbocycles. The predicted octanol–water partition coefficient (Wildman–Crippen LogP) is 3.39. The van der Waals surface area contributed by atoms with Crippen molar-refractivity contribution in [1.82, 2.24) is 5.32 Å². The molecule has 2 N–H and O–H groups in total. The molecule has 0 spiro atoms. The summed E-state index contributed by atoms with van der Waals surface area (Å²) in [6, 6.07) is 6.26. The third-order valence-corrected chi connectivity index (χ3v) is 4.35. The van der Waals surface area contributed by atoms with Gasteiger partial charge in [-0.3, -0.25) is 4.79 Å². The third-order valence-electron chi connectivity index (χ3n) is 4.35. The van der Waals surface area contributed by atoms with Gasteiger partial charge in [-0.05, 0) is 43.7 Å². The zero-order chi connectivity index (χ0) is 15.4. The first-order valence-electron chi connectivity index (χ1n) is 8.29. The molecule has 118 valence electrons. The highest BCUT2D eigenvalue weighted by Crippen LogP contribution is 2.30. The van der Waals surface area contributed by atoms with E-state index in [4.69, 9.17) is 4.74 Å². The van der Waals surface area contributed by atoms with Crippen molar-refractivity contribution in [3.63, 3.8) is 0 Å². The molecule has 3 rings (SSSR count). The Labute approximate surface area is 131 Å². The van der Waals surface area contributed by atoms with Gasteiger partial charge in [-0.25, -0.2) is 0 Å². The molecule has 1 amide bonds. The Morgan fingerprint density at radius 1 is 1.32 bits per heavy atom. The summed E-state index contributed by atoms with van der Waals surface area (Å²) in [5.74, 6) is 0.960. The highest BCUT2D eigenvalue weighted by atomic mass is 16.5. The second-order valence-corrected chi connectivity index (χ2v) is 6.04. The fraction of sp³-hybridized carbons (Fsp3) is 0.500. The van der Waals surface area contributed by atoms with Crippen LogP contribution >= 0.6 is 0 Å². The molecule has 1 aliphatic carbocycles. The quantitative estimate of drug-likeness (QED) is 0.876. The monoisotopic (exact) mass is 300 g/mol. The van der Waals surface area contributed by atoms with E-state index in [1.165, 1.54) is 18.4 Å². The molecule has 0 saturated heterocycles. The minimum atomic E-state index is -0.0265. The highest BCUT2D eigenvalue weighted by molar-refractivity contribution is 5.89. The predicted molar refractivity (Wildman–Crippen MR) is 88.0 cm³/mol. The number of benzene rings is 1. The van der Waals surface area contributed by atoms with Crippen LogP contribution in [0.1, 0.15) is 44.6 Å². The summed E-state index contributed by atoms with van der Waals surface area (Å²) in [5, 5.41) is 6.14. The summed E-state index contributed by atoms with van der Waals surface area (Å²) in [5.41, 5.74) is 3.19. The maximum atomic E-state index is 11.4. The standard InChI is InChI=1S/C18H24N2O2/c1-2-13-7-8-14(20-15-9-10-19-18(21)12-15)11-17(13)22-16-5-3-4-6-16/h7-8,11-12,16,20H,2-6,9-10H2,1H3,(H,19,21). The van der Waals surface area contributed by atoms with Gasteiger partial charge in [0.2, 0.25) is 5.91 Å². The van der Waals surface area contributed by atoms with Crippen LogP contribution < -0.4 is 15.4 Å². The summed E-state index contributed by atoms with van der Waals surface area (Å²) in [7, 11) is 0. The van der Waals surface area contributed by atoms with Gasteiger partial charge in [0.05, 0.1) is 6.10 Å². The molecule has 2 aliphatic rings. The van der Waals surface area contributed by atoms with E-state index in [-0.39, 0.29) is 5.91 Å². The van der Waals surface area contributed by atoms with Gasteiger partial charge in [0.25, 0.3) is 0 Å². The van der Waals surface area contributed by atoms with Crippen molar-refractivity contribution in [2.75, 3.05) is 11.9 Å². The lowest BCUT2D eigenvalue weighted by atomic mass is 10.1. The van der Waals surface area contributed by atoms with E-state index in [9.17, 15) is 4.79 Å². The van der Waals surface area contributed by atoms with Crippen molar-refractivity contribution < 1.29 is 9.53 Å². The van der Waals surface area contributed by atoms with Crippen molar-refractivity contribution in [2.45, 2.75) is 51.6 Å². The number of anilines is 1. The van der Waals surface area contributed by atoms with Crippen LogP contribution in [0.5, 0.6) is 5.75 Å². The maximum absolute atomic E-state index is 11.4. The van der Waals surface area contributed by atoms with Crippen molar-refractivity contribution in [3.8, 4) is 5.75 Å². The molecule has 4 nitrogen and oxygen atoms in total. The van der Waals surface area contributed by atoms with Crippen LogP contribution in [-0.2, 0) is 11.2 Å². The molecule has 0 unspecified atom stereocenters. The van der Waals surface area contributed by atoms with Crippen molar-refractivity contribution in [2.24, 2.45) is 0 Å². The SMILES string of the molecule is CCc1ccc(NC2=CC(=O)NCC2)cc1OC1CCCC1. The van der Waals surface area contributed by atoms with Gasteiger partial charge in [0.15, 0.2) is 0 Å². The van der Waals surface area contributed by atoms with Gasteiger partial charge in [-0.2, -0.15) is 0 Å². The Kier molecular flexibility index (Phi) is 4.66. The van der Waals surface area contributed by atoms with Crippen LogP contribution in [0.4, 0.5) is 5.69 Å². The normalized spacial score (nSPS) is 18.8. The van der Waals surface area contributed by atoms with Gasteiger partial charge >= 0.3 is 0 Å². The van der Waals surface area contributed by atoms with E-state index in [2.05, 4.69) is 35.8 Å². The van der Waals surface area contributed by atoms with Crippen molar-refractivity contribution in [3.05, 3.63) is 35.5 Å². The zero-order valence-corrected chi connectivity index (χ0v) is 13.2. The molecule has 0 radical (unpaired) electrons. The van der Waals surface area contributed by atoms with Crippen LogP contribution in [0.3, 0.4) is 0 Å². The minimum absolute atomic E-state index is 0.0265. The maximum Gasteiger partial charge on any atom is 0.245 e. The van der Waals surface area contributed by atoms with Crippen LogP contribution in [-0.4, -0.2) is 18.6 Å². The molecule has 4 heteroatoms. The molecule has 0 bridgehead atoms. The number of hydrogen-bond donors (Lipinski definition) is 2. The van der Waals surface area contributed by atoms with Crippen LogP contribution in [0.15, 0.2) is 30.0 Å². The zero-order valence-electron chi connectivity index (χ0n) is 13.2. The number of hydrogen-bond acceptors (Lipinski definition) is 3. The Hall–Kier alpha value is -1.97. The summed E-state index contributed by atoms with van der Waals surface area (Å²) < 4.78 is 6.21. The number of rotatable bonds is 5. The Morgan fingerprint density at radius 2 is 2.14 bits per heavy atom. The number of amides is 1. The molecular weight excluding hydrogens is 276 g/mol. The van der Waals surface area contributed by atoms with E-state index in [1.54, 1.807) is 6.08 Å². The first-order chi connectivity index (χ1) is 10.7. The molecule has 1 heterocycles. The van der Waals surface area contributed by atoms with E-state index in [1.807, 2.05) is 0 Å². The summed E-state index contributed by atoms with van der Waals surface area (Å²) in [6.45, 7) is 2.84. The molecule has 1 fully saturated rings.